The smallest absolute Gasteiger partial charge is 0.408 e. The normalized spacial score (nSPS) is 15.8. The summed E-state index contributed by atoms with van der Waals surface area (Å²) in [5, 5.41) is 2.52. The van der Waals surface area contributed by atoms with E-state index in [0.29, 0.717) is 0 Å². The lowest BCUT2D eigenvalue weighted by atomic mass is 9.98. The van der Waals surface area contributed by atoms with Gasteiger partial charge < -0.3 is 10.1 Å². The van der Waals surface area contributed by atoms with E-state index >= 15 is 0 Å². The number of hydrogen-bond acceptors (Lipinski definition) is 3. The number of rotatable bonds is 4. The van der Waals surface area contributed by atoms with Crippen molar-refractivity contribution < 1.29 is 14.3 Å². The van der Waals surface area contributed by atoms with Gasteiger partial charge in [-0.15, -0.1) is 0 Å². The maximum absolute atomic E-state index is 12.0. The molecule has 0 aliphatic heterocycles. The number of amides is 2. The number of hydrogen-bond donors (Lipinski definition) is 1. The van der Waals surface area contributed by atoms with Gasteiger partial charge in [0.25, 0.3) is 5.91 Å². The first-order chi connectivity index (χ1) is 10.6. The van der Waals surface area contributed by atoms with Crippen molar-refractivity contribution in [2.45, 2.75) is 51.7 Å². The summed E-state index contributed by atoms with van der Waals surface area (Å²) < 4.78 is 5.09. The molecule has 1 saturated carbocycles. The molecule has 2 amide bonds. The summed E-state index contributed by atoms with van der Waals surface area (Å²) in [4.78, 5) is 27.8. The SMILES string of the molecule is C[C@H](NC(=O)OCc1ccccc1)C(=O)N=C1CCCCC1. The van der Waals surface area contributed by atoms with E-state index in [1.54, 1.807) is 6.92 Å². The number of nitrogens with zero attached hydrogens (tertiary/aromatic N) is 1. The Balaban J connectivity index is 1.76. The molecule has 0 spiro atoms. The maximum Gasteiger partial charge on any atom is 0.408 e. The third kappa shape index (κ3) is 5.31. The zero-order chi connectivity index (χ0) is 15.8. The number of ether oxygens (including phenoxy) is 1. The first-order valence-corrected chi connectivity index (χ1v) is 7.72. The lowest BCUT2D eigenvalue weighted by Gasteiger charge is -2.14. The van der Waals surface area contributed by atoms with Crippen LogP contribution >= 0.6 is 0 Å². The van der Waals surface area contributed by atoms with Gasteiger partial charge in [0, 0.05) is 5.71 Å². The highest BCUT2D eigenvalue weighted by atomic mass is 16.5. The minimum atomic E-state index is -0.669. The molecule has 5 nitrogen and oxygen atoms in total. The number of alkyl carbamates (subject to hydrolysis) is 1. The molecule has 22 heavy (non-hydrogen) atoms. The van der Waals surface area contributed by atoms with Crippen LogP contribution in [-0.2, 0) is 16.1 Å². The van der Waals surface area contributed by atoms with Gasteiger partial charge in [0.05, 0.1) is 0 Å². The Bertz CT molecular complexity index is 532. The highest BCUT2D eigenvalue weighted by Gasteiger charge is 2.17. The zero-order valence-electron chi connectivity index (χ0n) is 12.9. The molecule has 0 radical (unpaired) electrons. The Hall–Kier alpha value is -2.17. The van der Waals surface area contributed by atoms with Gasteiger partial charge >= 0.3 is 6.09 Å². The highest BCUT2D eigenvalue weighted by Crippen LogP contribution is 2.15. The molecule has 1 N–H and O–H groups in total. The van der Waals surface area contributed by atoms with E-state index in [9.17, 15) is 9.59 Å². The highest BCUT2D eigenvalue weighted by molar-refractivity contribution is 5.98. The number of aliphatic imine (C=N–C) groups is 1. The Labute approximate surface area is 130 Å². The van der Waals surface area contributed by atoms with Crippen molar-refractivity contribution in [1.82, 2.24) is 5.32 Å². The minimum absolute atomic E-state index is 0.183. The lowest BCUT2D eigenvalue weighted by molar-refractivity contribution is -0.119. The van der Waals surface area contributed by atoms with Gasteiger partial charge in [-0.25, -0.2) is 9.79 Å². The van der Waals surface area contributed by atoms with Gasteiger partial charge in [-0.2, -0.15) is 0 Å². The number of carbonyl (C=O) groups excluding carboxylic acids is 2. The van der Waals surface area contributed by atoms with Crippen molar-refractivity contribution in [3.8, 4) is 0 Å². The Morgan fingerprint density at radius 2 is 1.86 bits per heavy atom. The van der Waals surface area contributed by atoms with Gasteiger partial charge in [0.2, 0.25) is 0 Å². The summed E-state index contributed by atoms with van der Waals surface area (Å²) in [5.74, 6) is -0.312. The average molecular weight is 302 g/mol. The fourth-order valence-electron chi connectivity index (χ4n) is 2.33. The van der Waals surface area contributed by atoms with E-state index in [2.05, 4.69) is 10.3 Å². The fourth-order valence-corrected chi connectivity index (χ4v) is 2.33. The van der Waals surface area contributed by atoms with Crippen LogP contribution in [0.1, 0.15) is 44.6 Å². The average Bonchev–Trinajstić information content (AvgIpc) is 2.55. The molecule has 1 aliphatic carbocycles. The second-order valence-electron chi connectivity index (χ2n) is 5.50. The molecule has 0 unspecified atom stereocenters. The zero-order valence-corrected chi connectivity index (χ0v) is 12.9. The van der Waals surface area contributed by atoms with Crippen molar-refractivity contribution in [3.63, 3.8) is 0 Å². The molecule has 1 aliphatic rings. The summed E-state index contributed by atoms with van der Waals surface area (Å²) in [6, 6.07) is 8.73. The van der Waals surface area contributed by atoms with Crippen molar-refractivity contribution in [3.05, 3.63) is 35.9 Å². The van der Waals surface area contributed by atoms with E-state index in [4.69, 9.17) is 4.74 Å². The molecule has 0 aromatic heterocycles. The summed E-state index contributed by atoms with van der Waals surface area (Å²) >= 11 is 0. The van der Waals surface area contributed by atoms with Crippen LogP contribution in [0.2, 0.25) is 0 Å². The first kappa shape index (κ1) is 16.2. The molecular weight excluding hydrogens is 280 g/mol. The van der Waals surface area contributed by atoms with E-state index < -0.39 is 12.1 Å². The Kier molecular flexibility index (Phi) is 6.13. The van der Waals surface area contributed by atoms with E-state index in [1.807, 2.05) is 30.3 Å². The molecule has 0 heterocycles. The maximum atomic E-state index is 12.0. The van der Waals surface area contributed by atoms with Crippen molar-refractivity contribution in [2.75, 3.05) is 0 Å². The monoisotopic (exact) mass is 302 g/mol. The molecule has 1 atom stereocenters. The third-order valence-electron chi connectivity index (χ3n) is 3.62. The summed E-state index contributed by atoms with van der Waals surface area (Å²) in [6.45, 7) is 1.81. The van der Waals surface area contributed by atoms with Crippen LogP contribution in [0.15, 0.2) is 35.3 Å². The van der Waals surface area contributed by atoms with Gasteiger partial charge in [-0.05, 0) is 38.2 Å². The predicted octanol–water partition coefficient (Wildman–Crippen LogP) is 3.23. The quantitative estimate of drug-likeness (QED) is 0.928. The van der Waals surface area contributed by atoms with E-state index in [-0.39, 0.29) is 12.5 Å². The van der Waals surface area contributed by atoms with Gasteiger partial charge in [0.1, 0.15) is 12.6 Å². The van der Waals surface area contributed by atoms with Crippen LogP contribution in [0.3, 0.4) is 0 Å². The van der Waals surface area contributed by atoms with Gasteiger partial charge in [-0.3, -0.25) is 4.79 Å². The van der Waals surface area contributed by atoms with Crippen LogP contribution in [0.5, 0.6) is 0 Å². The molecule has 5 heteroatoms. The van der Waals surface area contributed by atoms with Crippen molar-refractivity contribution in [2.24, 2.45) is 4.99 Å². The Morgan fingerprint density at radius 1 is 1.18 bits per heavy atom. The summed E-state index contributed by atoms with van der Waals surface area (Å²) in [7, 11) is 0. The molecule has 0 bridgehead atoms. The molecule has 2 rings (SSSR count). The Morgan fingerprint density at radius 3 is 2.55 bits per heavy atom. The largest absolute Gasteiger partial charge is 0.445 e. The third-order valence-corrected chi connectivity index (χ3v) is 3.62. The van der Waals surface area contributed by atoms with Gasteiger partial charge in [-0.1, -0.05) is 36.8 Å². The molecular formula is C17H22N2O3. The van der Waals surface area contributed by atoms with Crippen LogP contribution in [0.4, 0.5) is 4.79 Å². The second kappa shape index (κ2) is 8.32. The van der Waals surface area contributed by atoms with E-state index in [0.717, 1.165) is 37.0 Å². The van der Waals surface area contributed by atoms with E-state index in [1.165, 1.54) is 6.42 Å². The first-order valence-electron chi connectivity index (χ1n) is 7.72. The van der Waals surface area contributed by atoms with Gasteiger partial charge in [0.15, 0.2) is 0 Å². The number of benzene rings is 1. The molecule has 1 aromatic carbocycles. The molecule has 0 saturated heterocycles. The van der Waals surface area contributed by atoms with Crippen molar-refractivity contribution >= 4 is 17.7 Å². The van der Waals surface area contributed by atoms with Crippen LogP contribution in [0, 0.1) is 0 Å². The topological polar surface area (TPSA) is 67.8 Å². The summed E-state index contributed by atoms with van der Waals surface area (Å²) in [5.41, 5.74) is 1.85. The second-order valence-corrected chi connectivity index (χ2v) is 5.50. The van der Waals surface area contributed by atoms with Crippen LogP contribution in [-0.4, -0.2) is 23.8 Å². The standard InChI is InChI=1S/C17H22N2O3/c1-13(16(20)19-15-10-6-3-7-11-15)18-17(21)22-12-14-8-4-2-5-9-14/h2,4-5,8-9,13H,3,6-7,10-12H2,1H3,(H,18,21)/t13-/m0/s1. The van der Waals surface area contributed by atoms with Crippen LogP contribution < -0.4 is 5.32 Å². The molecule has 1 fully saturated rings. The number of nitrogens with one attached hydrogen (secondary N) is 1. The van der Waals surface area contributed by atoms with Crippen molar-refractivity contribution in [1.29, 1.82) is 0 Å². The minimum Gasteiger partial charge on any atom is -0.445 e. The van der Waals surface area contributed by atoms with Crippen LogP contribution in [0.25, 0.3) is 0 Å². The number of carbonyl (C=O) groups is 2. The molecule has 1 aromatic rings. The molecule has 118 valence electrons. The predicted molar refractivity (Wildman–Crippen MR) is 84.8 cm³/mol. The fraction of sp³-hybridized carbons (Fsp3) is 0.471. The lowest BCUT2D eigenvalue weighted by Crippen LogP contribution is -2.38. The summed E-state index contributed by atoms with van der Waals surface area (Å²) in [6.07, 6.45) is 4.55.